The Morgan fingerprint density at radius 2 is 1.98 bits per heavy atom. The topological polar surface area (TPSA) is 280 Å². The van der Waals surface area contributed by atoms with Crippen molar-refractivity contribution in [2.45, 2.75) is 44.5 Å². The molecule has 0 bridgehead atoms. The number of fused-ring (bicyclic) bond motifs is 1. The number of amides is 2. The van der Waals surface area contributed by atoms with Crippen LogP contribution in [0.2, 0.25) is 0 Å². The number of pyridine rings is 1. The zero-order chi connectivity index (χ0) is 37.1. The number of hydroxylamine groups is 2. The van der Waals surface area contributed by atoms with E-state index in [1.807, 2.05) is 34.7 Å². The minimum absolute atomic E-state index is 0.0523. The molecule has 4 heterocycles. The van der Waals surface area contributed by atoms with Crippen LogP contribution in [0.25, 0.3) is 10.9 Å². The molecule has 20 nitrogen and oxygen atoms in total. The van der Waals surface area contributed by atoms with Gasteiger partial charge in [0.25, 0.3) is 17.9 Å². The van der Waals surface area contributed by atoms with Crippen molar-refractivity contribution in [1.82, 2.24) is 25.0 Å². The number of anilines is 3. The van der Waals surface area contributed by atoms with Crippen LogP contribution in [-0.2, 0) is 47.5 Å². The second kappa shape index (κ2) is 14.8. The van der Waals surface area contributed by atoms with E-state index in [4.69, 9.17) is 25.6 Å². The normalized spacial score (nSPS) is 16.4. The quantitative estimate of drug-likeness (QED) is 0.0291. The van der Waals surface area contributed by atoms with E-state index < -0.39 is 58.2 Å². The van der Waals surface area contributed by atoms with Gasteiger partial charge in [-0.1, -0.05) is 5.16 Å². The Morgan fingerprint density at radius 3 is 2.63 bits per heavy atom. The number of carbonyl (C=O) groups excluding carboxylic acids is 2. The fraction of sp³-hybridized carbons (Fsp3) is 0.345. The van der Waals surface area contributed by atoms with Crippen LogP contribution >= 0.6 is 11.3 Å². The Labute approximate surface area is 294 Å². The van der Waals surface area contributed by atoms with Crippen LogP contribution in [-0.4, -0.2) is 92.1 Å². The summed E-state index contributed by atoms with van der Waals surface area (Å²) in [5, 5.41) is 21.7. The number of nitrogens with zero attached hydrogens (tertiary/aromatic N) is 6. The number of hydrogen-bond donors (Lipinski definition) is 6. The number of nitrogen functional groups attached to an aromatic ring is 1. The molecular weight excluding hydrogens is 713 g/mol. The van der Waals surface area contributed by atoms with Crippen LogP contribution in [0.15, 0.2) is 53.1 Å². The van der Waals surface area contributed by atoms with Gasteiger partial charge in [-0.15, -0.1) is 25.0 Å². The molecule has 2 unspecified atom stereocenters. The standard InChI is InChI=1S/C29H34N10O10S2/c1-29(2)24(26(41)39(29)49-51(44,45)46)35-25(40)23(19-15-50-28(31)33-19)36-48-20(27(42)43)14-47-17-6-7-18-16(13-17)5-8-21(32-18)34-22-9-12-38(37(22)3)11-4-10-30/h5-9,12-13,15,20,24H,4,10-11,14,30H2,1-3H3,(H5,31,33,35,40,42,43,44,45,46)/p+1/b36-23-. The number of aliphatic carboxylic acids is 1. The number of β-lactam (4-membered cyclic amide) rings is 1. The third kappa shape index (κ3) is 8.49. The maximum absolute atomic E-state index is 13.3. The van der Waals surface area contributed by atoms with E-state index in [0.717, 1.165) is 30.1 Å². The smallest absolute Gasteiger partial charge is 0.418 e. The fourth-order valence-corrected chi connectivity index (χ4v) is 5.95. The number of nitrogens with one attached hydrogen (secondary N) is 2. The Kier molecular flexibility index (Phi) is 10.7. The predicted octanol–water partition coefficient (Wildman–Crippen LogP) is 0.0848. The van der Waals surface area contributed by atoms with E-state index in [2.05, 4.69) is 30.0 Å². The lowest BCUT2D eigenvalue weighted by atomic mass is 9.84. The molecule has 1 aliphatic heterocycles. The molecule has 2 atom stereocenters. The molecular formula is C29H35N10O10S2+. The van der Waals surface area contributed by atoms with E-state index in [1.54, 1.807) is 24.3 Å². The molecule has 51 heavy (non-hydrogen) atoms. The molecule has 0 spiro atoms. The molecule has 4 aromatic rings. The number of ether oxygens (including phenoxy) is 1. The average Bonchev–Trinajstić information content (AvgIpc) is 3.66. The number of carboxylic acid groups (broad SMARTS) is 1. The highest BCUT2D eigenvalue weighted by Crippen LogP contribution is 2.33. The number of benzene rings is 1. The number of carbonyl (C=O) groups is 3. The summed E-state index contributed by atoms with van der Waals surface area (Å²) < 4.78 is 45.2. The molecule has 0 saturated carbocycles. The van der Waals surface area contributed by atoms with Crippen LogP contribution < -0.4 is 31.5 Å². The van der Waals surface area contributed by atoms with Gasteiger partial charge in [0, 0.05) is 17.2 Å². The number of aryl methyl sites for hydroxylation is 1. The summed E-state index contributed by atoms with van der Waals surface area (Å²) in [6.45, 7) is 3.56. The lowest BCUT2D eigenvalue weighted by Crippen LogP contribution is -2.76. The maximum atomic E-state index is 13.3. The number of rotatable bonds is 16. The Bertz CT molecular complexity index is 2100. The van der Waals surface area contributed by atoms with Crippen molar-refractivity contribution in [3.63, 3.8) is 0 Å². The molecule has 1 aliphatic rings. The number of aromatic nitrogens is 4. The zero-order valence-corrected chi connectivity index (χ0v) is 29.0. The molecule has 2 amide bonds. The first kappa shape index (κ1) is 36.9. The molecule has 3 aromatic heterocycles. The van der Waals surface area contributed by atoms with E-state index in [1.165, 1.54) is 19.2 Å². The molecule has 8 N–H and O–H groups in total. The molecule has 5 rings (SSSR count). The monoisotopic (exact) mass is 747 g/mol. The third-order valence-electron chi connectivity index (χ3n) is 7.70. The van der Waals surface area contributed by atoms with Gasteiger partial charge in [0.05, 0.1) is 24.2 Å². The van der Waals surface area contributed by atoms with Gasteiger partial charge in [-0.2, -0.15) is 13.5 Å². The van der Waals surface area contributed by atoms with E-state index in [0.29, 0.717) is 34.1 Å². The minimum Gasteiger partial charge on any atom is -0.489 e. The van der Waals surface area contributed by atoms with Gasteiger partial charge in [-0.05, 0) is 50.7 Å². The van der Waals surface area contributed by atoms with Gasteiger partial charge in [0.1, 0.15) is 29.9 Å². The van der Waals surface area contributed by atoms with E-state index >= 15 is 0 Å². The Balaban J connectivity index is 1.26. The average molecular weight is 748 g/mol. The molecule has 0 aliphatic carbocycles. The van der Waals surface area contributed by atoms with Gasteiger partial charge >= 0.3 is 16.4 Å². The SMILES string of the molecule is Cn1c(Nc2ccc3cc(OCC(O/N=C(\C(=O)NC4C(=O)N(OS(=O)(=O)O)C4(C)C)c4csc(N)n4)C(=O)O)ccc3n2)cc[n+]1CCCN. The highest BCUT2D eigenvalue weighted by molar-refractivity contribution is 7.80. The summed E-state index contributed by atoms with van der Waals surface area (Å²) in [6.07, 6.45) is 1.09. The number of nitrogens with two attached hydrogens (primary N) is 2. The number of oxime groups is 1. The van der Waals surface area contributed by atoms with Crippen molar-refractivity contribution in [1.29, 1.82) is 0 Å². The van der Waals surface area contributed by atoms with Gasteiger partial charge in [0.15, 0.2) is 29.4 Å². The summed E-state index contributed by atoms with van der Waals surface area (Å²) in [4.78, 5) is 51.7. The summed E-state index contributed by atoms with van der Waals surface area (Å²) in [7, 11) is -3.10. The van der Waals surface area contributed by atoms with Gasteiger partial charge in [0.2, 0.25) is 0 Å². The van der Waals surface area contributed by atoms with Crippen molar-refractivity contribution in [2.75, 3.05) is 24.2 Å². The second-order valence-corrected chi connectivity index (χ2v) is 13.5. The molecule has 1 aromatic carbocycles. The van der Waals surface area contributed by atoms with Gasteiger partial charge < -0.3 is 36.8 Å². The molecule has 1 fully saturated rings. The highest BCUT2D eigenvalue weighted by atomic mass is 32.3. The largest absolute Gasteiger partial charge is 0.489 e. The molecule has 1 saturated heterocycles. The van der Waals surface area contributed by atoms with Gasteiger partial charge in [-0.25, -0.2) is 14.8 Å². The van der Waals surface area contributed by atoms with Crippen molar-refractivity contribution < 1.29 is 51.0 Å². The minimum atomic E-state index is -5.03. The number of carboxylic acids is 1. The summed E-state index contributed by atoms with van der Waals surface area (Å²) in [5.74, 6) is -1.75. The van der Waals surface area contributed by atoms with Crippen molar-refractivity contribution in [2.24, 2.45) is 17.9 Å². The second-order valence-electron chi connectivity index (χ2n) is 11.7. The summed E-state index contributed by atoms with van der Waals surface area (Å²) >= 11 is 0.955. The van der Waals surface area contributed by atoms with E-state index in [-0.39, 0.29) is 10.8 Å². The maximum Gasteiger partial charge on any atom is 0.418 e. The predicted molar refractivity (Wildman–Crippen MR) is 181 cm³/mol. The van der Waals surface area contributed by atoms with Crippen LogP contribution in [0.4, 0.5) is 16.8 Å². The van der Waals surface area contributed by atoms with Crippen LogP contribution in [0.5, 0.6) is 5.75 Å². The van der Waals surface area contributed by atoms with Gasteiger partial charge in [-0.3, -0.25) is 14.1 Å². The molecule has 22 heteroatoms. The Morgan fingerprint density at radius 1 is 1.22 bits per heavy atom. The van der Waals surface area contributed by atoms with Crippen LogP contribution in [0.1, 0.15) is 26.0 Å². The molecule has 0 radical (unpaired) electrons. The van der Waals surface area contributed by atoms with Crippen LogP contribution in [0.3, 0.4) is 0 Å². The first-order chi connectivity index (χ1) is 24.1. The zero-order valence-electron chi connectivity index (χ0n) is 27.4. The molecule has 272 valence electrons. The highest BCUT2D eigenvalue weighted by Gasteiger charge is 2.58. The van der Waals surface area contributed by atoms with Crippen molar-refractivity contribution >= 4 is 72.9 Å². The third-order valence-corrected chi connectivity index (χ3v) is 8.71. The lowest BCUT2D eigenvalue weighted by Gasteiger charge is -2.50. The Hall–Kier alpha value is -5.42. The first-order valence-corrected chi connectivity index (χ1v) is 17.4. The summed E-state index contributed by atoms with van der Waals surface area (Å²) in [5.41, 5.74) is 9.92. The summed E-state index contributed by atoms with van der Waals surface area (Å²) in [6, 6.07) is 9.19. The number of thiazole rings is 1. The van der Waals surface area contributed by atoms with Crippen molar-refractivity contribution in [3.05, 3.63) is 53.7 Å². The first-order valence-electron chi connectivity index (χ1n) is 15.1. The lowest BCUT2D eigenvalue weighted by molar-refractivity contribution is -0.772. The van der Waals surface area contributed by atoms with E-state index in [9.17, 15) is 27.9 Å². The fourth-order valence-electron chi connectivity index (χ4n) is 4.95. The number of hydrogen-bond acceptors (Lipinski definition) is 15. The van der Waals surface area contributed by atoms with Crippen molar-refractivity contribution in [3.8, 4) is 5.75 Å². The van der Waals surface area contributed by atoms with Crippen LogP contribution in [0, 0.1) is 0 Å².